The average molecular weight is 487 g/mol. The lowest BCUT2D eigenvalue weighted by Gasteiger charge is -2.22. The minimum absolute atomic E-state index is 0.124. The molecule has 0 spiro atoms. The topological polar surface area (TPSA) is 60.3 Å². The van der Waals surface area contributed by atoms with Gasteiger partial charge in [0, 0.05) is 42.1 Å². The van der Waals surface area contributed by atoms with Crippen molar-refractivity contribution in [1.82, 2.24) is 9.88 Å². The number of nitrogens with one attached hydrogen (secondary N) is 1. The number of para-hydroxylation sites is 1. The maximum atomic E-state index is 13.5. The molecule has 1 N–H and O–H groups in total. The van der Waals surface area contributed by atoms with Gasteiger partial charge >= 0.3 is 0 Å². The van der Waals surface area contributed by atoms with Crippen molar-refractivity contribution in [2.45, 2.75) is 25.8 Å². The van der Waals surface area contributed by atoms with Crippen molar-refractivity contribution in [1.29, 1.82) is 0 Å². The van der Waals surface area contributed by atoms with Crippen LogP contribution in [0.1, 0.15) is 34.3 Å². The summed E-state index contributed by atoms with van der Waals surface area (Å²) in [7, 11) is 0. The van der Waals surface area contributed by atoms with Gasteiger partial charge in [0.05, 0.1) is 5.52 Å². The van der Waals surface area contributed by atoms with Crippen LogP contribution in [-0.4, -0.2) is 23.7 Å². The van der Waals surface area contributed by atoms with Crippen LogP contribution in [0.15, 0.2) is 83.8 Å². The minimum atomic E-state index is -0.397. The number of nitrogens with zero attached hydrogens (tertiary/aromatic N) is 1. The van der Waals surface area contributed by atoms with Crippen molar-refractivity contribution >= 4 is 28.4 Å². The van der Waals surface area contributed by atoms with Crippen LogP contribution in [0, 0.1) is 5.92 Å². The van der Waals surface area contributed by atoms with Gasteiger partial charge in [-0.05, 0) is 72.7 Å². The van der Waals surface area contributed by atoms with Gasteiger partial charge in [-0.25, -0.2) is 0 Å². The molecule has 1 amide bonds. The zero-order valence-electron chi connectivity index (χ0n) is 19.4. The number of carbonyl (C=O) groups is 1. The van der Waals surface area contributed by atoms with E-state index in [1.165, 1.54) is 0 Å². The van der Waals surface area contributed by atoms with Gasteiger partial charge in [-0.3, -0.25) is 9.59 Å². The number of carbonyl (C=O) groups excluding carboxylic acids is 1. The van der Waals surface area contributed by atoms with Crippen molar-refractivity contribution < 1.29 is 9.53 Å². The lowest BCUT2D eigenvalue weighted by Crippen LogP contribution is -2.29. The van der Waals surface area contributed by atoms with E-state index in [0.717, 1.165) is 54.8 Å². The number of fused-ring (bicyclic) bond motifs is 1. The highest BCUT2D eigenvalue weighted by molar-refractivity contribution is 6.30. The molecule has 5 nitrogen and oxygen atoms in total. The number of ether oxygens (including phenoxy) is 1. The number of halogens is 1. The average Bonchev–Trinajstić information content (AvgIpc) is 2.90. The van der Waals surface area contributed by atoms with Gasteiger partial charge in [0.15, 0.2) is 0 Å². The number of rotatable bonds is 6. The van der Waals surface area contributed by atoms with Gasteiger partial charge in [-0.15, -0.1) is 0 Å². The fourth-order valence-corrected chi connectivity index (χ4v) is 4.76. The molecule has 1 aromatic heterocycles. The molecule has 178 valence electrons. The zero-order valence-corrected chi connectivity index (χ0v) is 20.1. The summed E-state index contributed by atoms with van der Waals surface area (Å²) < 4.78 is 7.41. The van der Waals surface area contributed by atoms with Crippen molar-refractivity contribution in [3.8, 4) is 5.69 Å². The first-order valence-corrected chi connectivity index (χ1v) is 12.3. The Morgan fingerprint density at radius 2 is 1.69 bits per heavy atom. The molecule has 0 unspecified atom stereocenters. The van der Waals surface area contributed by atoms with Crippen molar-refractivity contribution in [3.63, 3.8) is 0 Å². The quantitative estimate of drug-likeness (QED) is 0.389. The summed E-state index contributed by atoms with van der Waals surface area (Å²) in [6, 6.07) is 23.1. The largest absolute Gasteiger partial charge is 0.381 e. The Morgan fingerprint density at radius 1 is 0.971 bits per heavy atom. The first-order valence-electron chi connectivity index (χ1n) is 11.9. The molecule has 1 aliphatic heterocycles. The predicted molar refractivity (Wildman–Crippen MR) is 139 cm³/mol. The molecule has 4 aromatic rings. The van der Waals surface area contributed by atoms with Gasteiger partial charge in [-0.1, -0.05) is 48.0 Å². The normalized spacial score (nSPS) is 14.2. The molecule has 0 radical (unpaired) electrons. The van der Waals surface area contributed by atoms with E-state index in [1.54, 1.807) is 18.3 Å². The number of amides is 1. The summed E-state index contributed by atoms with van der Waals surface area (Å²) in [5, 5.41) is 4.08. The van der Waals surface area contributed by atoms with Crippen LogP contribution in [0.5, 0.6) is 0 Å². The summed E-state index contributed by atoms with van der Waals surface area (Å²) in [6.07, 6.45) is 4.60. The van der Waals surface area contributed by atoms with E-state index < -0.39 is 5.91 Å². The molecule has 2 heterocycles. The third kappa shape index (κ3) is 5.31. The first kappa shape index (κ1) is 23.3. The molecule has 35 heavy (non-hydrogen) atoms. The fourth-order valence-electron chi connectivity index (χ4n) is 4.63. The number of pyridine rings is 1. The summed E-state index contributed by atoms with van der Waals surface area (Å²) in [6.45, 7) is 1.89. The van der Waals surface area contributed by atoms with Crippen LogP contribution in [-0.2, 0) is 17.7 Å². The third-order valence-corrected chi connectivity index (χ3v) is 6.83. The molecule has 0 bridgehead atoms. The highest BCUT2D eigenvalue weighted by atomic mass is 35.5. The van der Waals surface area contributed by atoms with Gasteiger partial charge in [0.25, 0.3) is 5.91 Å². The minimum Gasteiger partial charge on any atom is -0.381 e. The van der Waals surface area contributed by atoms with E-state index in [1.807, 2.05) is 59.2 Å². The van der Waals surface area contributed by atoms with Crippen molar-refractivity contribution in [2.24, 2.45) is 5.92 Å². The van der Waals surface area contributed by atoms with E-state index >= 15 is 0 Å². The van der Waals surface area contributed by atoms with E-state index in [-0.39, 0.29) is 11.0 Å². The molecular formula is C29H27ClN2O3. The van der Waals surface area contributed by atoms with E-state index in [2.05, 4.69) is 11.4 Å². The van der Waals surface area contributed by atoms with Crippen LogP contribution in [0.3, 0.4) is 0 Å². The SMILES string of the molecule is O=C(NCc1ccc(Cl)cc1)c1cn(-c2ccccc2)c2ccc(CC3CCOCC3)cc2c1=O. The van der Waals surface area contributed by atoms with E-state index in [9.17, 15) is 9.59 Å². The molecule has 3 aromatic carbocycles. The van der Waals surface area contributed by atoms with Crippen molar-refractivity contribution in [3.05, 3.63) is 111 Å². The van der Waals surface area contributed by atoms with Gasteiger partial charge in [0.1, 0.15) is 5.56 Å². The highest BCUT2D eigenvalue weighted by Gasteiger charge is 2.19. The number of hydrogen-bond donors (Lipinski definition) is 1. The van der Waals surface area contributed by atoms with Gasteiger partial charge in [-0.2, -0.15) is 0 Å². The molecule has 5 rings (SSSR count). The Bertz CT molecular complexity index is 1390. The Hall–Kier alpha value is -3.41. The second-order valence-corrected chi connectivity index (χ2v) is 9.43. The van der Waals surface area contributed by atoms with Crippen molar-refractivity contribution in [2.75, 3.05) is 13.2 Å². The van der Waals surface area contributed by atoms with E-state index in [0.29, 0.717) is 22.9 Å². The highest BCUT2D eigenvalue weighted by Crippen LogP contribution is 2.24. The fraction of sp³-hybridized carbons (Fsp3) is 0.241. The Kier molecular flexibility index (Phi) is 6.98. The second kappa shape index (κ2) is 10.5. The summed E-state index contributed by atoms with van der Waals surface area (Å²) in [5.41, 5.74) is 3.56. The second-order valence-electron chi connectivity index (χ2n) is 9.00. The standard InChI is InChI=1S/C29H27ClN2O3/c30-23-9-6-21(7-10-23)18-31-29(34)26-19-32(24-4-2-1-3-5-24)27-11-8-22(17-25(27)28(26)33)16-20-12-14-35-15-13-20/h1-11,17,19-20H,12-16,18H2,(H,31,34). The zero-order chi connectivity index (χ0) is 24.2. The molecule has 1 fully saturated rings. The van der Waals surface area contributed by atoms with E-state index in [4.69, 9.17) is 16.3 Å². The smallest absolute Gasteiger partial charge is 0.257 e. The summed E-state index contributed by atoms with van der Waals surface area (Å²) in [5.74, 6) is 0.148. The molecule has 0 saturated carbocycles. The summed E-state index contributed by atoms with van der Waals surface area (Å²) >= 11 is 5.96. The van der Waals surface area contributed by atoms with Crippen LogP contribution in [0.4, 0.5) is 0 Å². The van der Waals surface area contributed by atoms with Gasteiger partial charge in [0.2, 0.25) is 5.43 Å². The first-order chi connectivity index (χ1) is 17.1. The maximum Gasteiger partial charge on any atom is 0.257 e. The molecule has 0 atom stereocenters. The molecular weight excluding hydrogens is 460 g/mol. The third-order valence-electron chi connectivity index (χ3n) is 6.58. The maximum absolute atomic E-state index is 13.5. The Balaban J connectivity index is 1.52. The number of benzene rings is 3. The van der Waals surface area contributed by atoms with Crippen LogP contribution in [0.25, 0.3) is 16.6 Å². The number of aromatic nitrogens is 1. The summed E-state index contributed by atoms with van der Waals surface area (Å²) in [4.78, 5) is 26.7. The number of hydrogen-bond acceptors (Lipinski definition) is 3. The van der Waals surface area contributed by atoms with Crippen LogP contribution >= 0.6 is 11.6 Å². The van der Waals surface area contributed by atoms with Crippen LogP contribution in [0.2, 0.25) is 5.02 Å². The Morgan fingerprint density at radius 3 is 2.43 bits per heavy atom. The molecule has 1 saturated heterocycles. The lowest BCUT2D eigenvalue weighted by molar-refractivity contribution is 0.0665. The Labute approximate surface area is 209 Å². The van der Waals surface area contributed by atoms with Crippen LogP contribution < -0.4 is 10.7 Å². The molecule has 6 heteroatoms. The predicted octanol–water partition coefficient (Wildman–Crippen LogP) is 5.54. The van der Waals surface area contributed by atoms with Gasteiger partial charge < -0.3 is 14.6 Å². The monoisotopic (exact) mass is 486 g/mol. The molecule has 1 aliphatic rings. The lowest BCUT2D eigenvalue weighted by atomic mass is 9.91. The molecule has 0 aliphatic carbocycles.